The maximum absolute atomic E-state index is 12.0. The van der Waals surface area contributed by atoms with Crippen molar-refractivity contribution in [3.05, 3.63) is 0 Å². The molecule has 0 saturated carbocycles. The Bertz CT molecular complexity index is 402. The minimum Gasteiger partial charge on any atom is -0.465 e. The van der Waals surface area contributed by atoms with Crippen molar-refractivity contribution in [1.29, 1.82) is 0 Å². The number of piperidine rings is 1. The van der Waals surface area contributed by atoms with E-state index in [9.17, 15) is 19.2 Å². The second kappa shape index (κ2) is 8.49. The summed E-state index contributed by atoms with van der Waals surface area (Å²) in [6.07, 6.45) is 0.295. The zero-order valence-corrected chi connectivity index (χ0v) is 11.9. The lowest BCUT2D eigenvalue weighted by molar-refractivity contribution is -0.158. The molecule has 114 valence electrons. The van der Waals surface area contributed by atoms with Gasteiger partial charge in [0.25, 0.3) is 5.91 Å². The molecule has 0 aromatic heterocycles. The number of hydrogen-bond acceptors (Lipinski definition) is 6. The van der Waals surface area contributed by atoms with Crippen LogP contribution in [0.2, 0.25) is 0 Å². The summed E-state index contributed by atoms with van der Waals surface area (Å²) < 4.78 is 4.69. The Balaban J connectivity index is 0.00000361. The van der Waals surface area contributed by atoms with Crippen LogP contribution in [0, 0.1) is 0 Å². The van der Waals surface area contributed by atoms with E-state index in [1.165, 1.54) is 0 Å². The van der Waals surface area contributed by atoms with Crippen molar-refractivity contribution in [3.63, 3.8) is 0 Å². The summed E-state index contributed by atoms with van der Waals surface area (Å²) in [6.45, 7) is 1.13. The molecule has 0 spiro atoms. The first-order valence-corrected chi connectivity index (χ1v) is 5.98. The van der Waals surface area contributed by atoms with Crippen LogP contribution in [0.4, 0.5) is 0 Å². The van der Waals surface area contributed by atoms with Gasteiger partial charge in [-0.25, -0.2) is 0 Å². The molecular formula is C11H18ClN3O5. The number of halogens is 1. The third kappa shape index (κ3) is 4.78. The molecule has 9 heteroatoms. The first-order chi connectivity index (χ1) is 8.99. The molecule has 1 rings (SSSR count). The number of imide groups is 1. The summed E-state index contributed by atoms with van der Waals surface area (Å²) in [6, 6.07) is -0.817. The van der Waals surface area contributed by atoms with Gasteiger partial charge in [-0.15, -0.1) is 12.4 Å². The van der Waals surface area contributed by atoms with Crippen LogP contribution in [-0.2, 0) is 23.9 Å². The lowest BCUT2D eigenvalue weighted by Crippen LogP contribution is -2.56. The number of rotatable bonds is 5. The Morgan fingerprint density at radius 1 is 1.45 bits per heavy atom. The van der Waals surface area contributed by atoms with Crippen molar-refractivity contribution in [2.45, 2.75) is 25.8 Å². The van der Waals surface area contributed by atoms with Gasteiger partial charge in [-0.1, -0.05) is 0 Å². The van der Waals surface area contributed by atoms with Crippen molar-refractivity contribution in [3.8, 4) is 0 Å². The van der Waals surface area contributed by atoms with Gasteiger partial charge < -0.3 is 15.8 Å². The Kier molecular flexibility index (Phi) is 7.78. The maximum Gasteiger partial charge on any atom is 0.326 e. The van der Waals surface area contributed by atoms with Crippen LogP contribution in [-0.4, -0.2) is 54.3 Å². The fourth-order valence-electron chi connectivity index (χ4n) is 1.73. The van der Waals surface area contributed by atoms with E-state index in [0.717, 1.165) is 4.90 Å². The topological polar surface area (TPSA) is 119 Å². The number of amides is 3. The van der Waals surface area contributed by atoms with Gasteiger partial charge in [0.2, 0.25) is 11.8 Å². The Morgan fingerprint density at radius 2 is 2.10 bits per heavy atom. The second-order valence-electron chi connectivity index (χ2n) is 3.99. The van der Waals surface area contributed by atoms with E-state index in [0.29, 0.717) is 0 Å². The van der Waals surface area contributed by atoms with Crippen LogP contribution in [0.25, 0.3) is 0 Å². The first kappa shape index (κ1) is 18.3. The highest BCUT2D eigenvalue weighted by Crippen LogP contribution is 2.13. The molecule has 1 fully saturated rings. The molecule has 20 heavy (non-hydrogen) atoms. The summed E-state index contributed by atoms with van der Waals surface area (Å²) in [5.74, 6) is -2.19. The van der Waals surface area contributed by atoms with Crippen molar-refractivity contribution in [2.75, 3.05) is 19.7 Å². The van der Waals surface area contributed by atoms with E-state index in [1.54, 1.807) is 6.92 Å². The molecule has 1 aliphatic heterocycles. The fourth-order valence-corrected chi connectivity index (χ4v) is 1.73. The summed E-state index contributed by atoms with van der Waals surface area (Å²) in [5.41, 5.74) is 5.14. The number of nitrogens with one attached hydrogen (secondary N) is 1. The van der Waals surface area contributed by atoms with E-state index >= 15 is 0 Å². The number of likely N-dealkylation sites (tertiary alicyclic amines) is 1. The van der Waals surface area contributed by atoms with Gasteiger partial charge in [0, 0.05) is 6.42 Å². The molecule has 0 bridgehead atoms. The standard InChI is InChI=1S/C11H17N3O5.ClH/c1-2-19-10(17)6-14-9(16)4-3-7(11(14)18)13-8(15)5-12;/h7H,2-6,12H2,1H3,(H,13,15);1H/t7-;/m0./s1. The molecule has 1 aliphatic rings. The summed E-state index contributed by atoms with van der Waals surface area (Å²) in [5, 5.41) is 2.41. The highest BCUT2D eigenvalue weighted by atomic mass is 35.5. The molecule has 3 amide bonds. The highest BCUT2D eigenvalue weighted by Gasteiger charge is 2.36. The van der Waals surface area contributed by atoms with Crippen LogP contribution in [0.3, 0.4) is 0 Å². The van der Waals surface area contributed by atoms with Crippen molar-refractivity contribution in [1.82, 2.24) is 10.2 Å². The molecule has 0 aromatic carbocycles. The van der Waals surface area contributed by atoms with E-state index in [2.05, 4.69) is 10.1 Å². The maximum atomic E-state index is 12.0. The van der Waals surface area contributed by atoms with E-state index in [-0.39, 0.29) is 38.4 Å². The van der Waals surface area contributed by atoms with Gasteiger partial charge in [-0.2, -0.15) is 0 Å². The van der Waals surface area contributed by atoms with Gasteiger partial charge in [0.05, 0.1) is 13.2 Å². The average molecular weight is 308 g/mol. The molecule has 0 unspecified atom stereocenters. The Hall–Kier alpha value is -1.67. The largest absolute Gasteiger partial charge is 0.465 e. The fraction of sp³-hybridized carbons (Fsp3) is 0.636. The normalized spacial score (nSPS) is 18.3. The summed E-state index contributed by atoms with van der Waals surface area (Å²) in [7, 11) is 0. The van der Waals surface area contributed by atoms with Crippen LogP contribution in [0.1, 0.15) is 19.8 Å². The molecule has 3 N–H and O–H groups in total. The molecule has 0 aliphatic carbocycles. The van der Waals surface area contributed by atoms with Crippen LogP contribution < -0.4 is 11.1 Å². The molecule has 0 radical (unpaired) electrons. The molecule has 1 heterocycles. The van der Waals surface area contributed by atoms with E-state index in [1.807, 2.05) is 0 Å². The second-order valence-corrected chi connectivity index (χ2v) is 3.99. The SMILES string of the molecule is CCOC(=O)CN1C(=O)CC[C@H](NC(=O)CN)C1=O.Cl. The molecule has 1 atom stereocenters. The third-order valence-electron chi connectivity index (χ3n) is 2.63. The first-order valence-electron chi connectivity index (χ1n) is 5.98. The molecular weight excluding hydrogens is 290 g/mol. The number of carbonyl (C=O) groups is 4. The predicted octanol–water partition coefficient (Wildman–Crippen LogP) is -1.44. The lowest BCUT2D eigenvalue weighted by Gasteiger charge is -2.30. The van der Waals surface area contributed by atoms with Crippen LogP contribution >= 0.6 is 12.4 Å². The third-order valence-corrected chi connectivity index (χ3v) is 2.63. The number of esters is 1. The molecule has 1 saturated heterocycles. The highest BCUT2D eigenvalue weighted by molar-refractivity contribution is 6.03. The number of ether oxygens (including phenoxy) is 1. The smallest absolute Gasteiger partial charge is 0.326 e. The lowest BCUT2D eigenvalue weighted by atomic mass is 10.0. The van der Waals surface area contributed by atoms with Gasteiger partial charge in [0.15, 0.2) is 0 Å². The van der Waals surface area contributed by atoms with Crippen molar-refractivity contribution < 1.29 is 23.9 Å². The van der Waals surface area contributed by atoms with Gasteiger partial charge >= 0.3 is 5.97 Å². The number of carbonyl (C=O) groups excluding carboxylic acids is 4. The van der Waals surface area contributed by atoms with Gasteiger partial charge in [-0.3, -0.25) is 24.1 Å². The van der Waals surface area contributed by atoms with Gasteiger partial charge in [0.1, 0.15) is 12.6 Å². The minimum absolute atomic E-state index is 0. The van der Waals surface area contributed by atoms with Crippen LogP contribution in [0.15, 0.2) is 0 Å². The minimum atomic E-state index is -0.817. The van der Waals surface area contributed by atoms with Crippen molar-refractivity contribution in [2.24, 2.45) is 5.73 Å². The number of nitrogens with zero attached hydrogens (tertiary/aromatic N) is 1. The quantitative estimate of drug-likeness (QED) is 0.474. The van der Waals surface area contributed by atoms with Crippen LogP contribution in [0.5, 0.6) is 0 Å². The molecule has 0 aromatic rings. The Morgan fingerprint density at radius 3 is 2.65 bits per heavy atom. The van der Waals surface area contributed by atoms with Gasteiger partial charge in [-0.05, 0) is 13.3 Å². The van der Waals surface area contributed by atoms with E-state index < -0.39 is 36.3 Å². The monoisotopic (exact) mass is 307 g/mol. The molecule has 8 nitrogen and oxygen atoms in total. The van der Waals surface area contributed by atoms with Crippen molar-refractivity contribution >= 4 is 36.1 Å². The Labute approximate surface area is 122 Å². The zero-order chi connectivity index (χ0) is 14.4. The summed E-state index contributed by atoms with van der Waals surface area (Å²) in [4.78, 5) is 46.8. The number of nitrogens with two attached hydrogens (primary N) is 1. The number of hydrogen-bond donors (Lipinski definition) is 2. The van der Waals surface area contributed by atoms with E-state index in [4.69, 9.17) is 5.73 Å². The predicted molar refractivity (Wildman–Crippen MR) is 70.8 cm³/mol. The summed E-state index contributed by atoms with van der Waals surface area (Å²) >= 11 is 0. The average Bonchev–Trinajstić information content (AvgIpc) is 2.38. The zero-order valence-electron chi connectivity index (χ0n) is 11.1.